The second-order valence-electron chi connectivity index (χ2n) is 3.41. The van der Waals surface area contributed by atoms with Gasteiger partial charge in [-0.3, -0.25) is 14.6 Å². The number of rotatable bonds is 5. The van der Waals surface area contributed by atoms with Crippen LogP contribution >= 0.6 is 0 Å². The van der Waals surface area contributed by atoms with E-state index in [0.717, 1.165) is 10.5 Å². The summed E-state index contributed by atoms with van der Waals surface area (Å²) in [4.78, 5) is 27.2. The number of carbonyl (C=O) groups is 2. The summed E-state index contributed by atoms with van der Waals surface area (Å²) >= 11 is 0. The normalized spacial score (nSPS) is 9.94. The van der Waals surface area contributed by atoms with Crippen LogP contribution in [0.4, 0.5) is 0 Å². The first-order chi connectivity index (χ1) is 8.63. The number of carboxylic acid groups (broad SMARTS) is 1. The second-order valence-corrected chi connectivity index (χ2v) is 3.41. The van der Waals surface area contributed by atoms with Gasteiger partial charge in [0.05, 0.1) is 6.54 Å². The maximum absolute atomic E-state index is 11.7. The first-order valence-corrected chi connectivity index (χ1v) is 5.15. The van der Waals surface area contributed by atoms with Gasteiger partial charge in [-0.15, -0.1) is 6.42 Å². The monoisotopic (exact) mass is 244 g/mol. The van der Waals surface area contributed by atoms with E-state index < -0.39 is 18.4 Å². The molecule has 1 aromatic rings. The third-order valence-corrected chi connectivity index (χ3v) is 2.02. The van der Waals surface area contributed by atoms with Crippen LogP contribution in [0.15, 0.2) is 30.6 Å². The van der Waals surface area contributed by atoms with E-state index >= 15 is 0 Å². The van der Waals surface area contributed by atoms with Crippen LogP contribution in [-0.4, -0.2) is 40.0 Å². The molecule has 1 N–H and O–H groups in total. The molecule has 5 heteroatoms. The molecule has 18 heavy (non-hydrogen) atoms. The Kier molecular flexibility index (Phi) is 5.13. The predicted molar refractivity (Wildman–Crippen MR) is 66.3 cm³/mol. The van der Waals surface area contributed by atoms with Gasteiger partial charge in [-0.05, 0) is 17.7 Å². The molecule has 5 nitrogen and oxygen atoms in total. The molecule has 0 saturated carbocycles. The Labute approximate surface area is 105 Å². The van der Waals surface area contributed by atoms with Crippen LogP contribution in [0.25, 0.3) is 6.08 Å². The van der Waals surface area contributed by atoms with E-state index in [1.54, 1.807) is 30.6 Å². The summed E-state index contributed by atoms with van der Waals surface area (Å²) in [6, 6.07) is 3.51. The van der Waals surface area contributed by atoms with Gasteiger partial charge in [-0.25, -0.2) is 0 Å². The van der Waals surface area contributed by atoms with Crippen LogP contribution in [0.3, 0.4) is 0 Å². The first-order valence-electron chi connectivity index (χ1n) is 5.15. The largest absolute Gasteiger partial charge is 0.480 e. The summed E-state index contributed by atoms with van der Waals surface area (Å²) in [5.41, 5.74) is 0.752. The smallest absolute Gasteiger partial charge is 0.323 e. The van der Waals surface area contributed by atoms with Crippen molar-refractivity contribution in [2.75, 3.05) is 13.1 Å². The van der Waals surface area contributed by atoms with E-state index in [2.05, 4.69) is 10.9 Å². The maximum atomic E-state index is 11.7. The van der Waals surface area contributed by atoms with Gasteiger partial charge in [-0.1, -0.05) is 12.0 Å². The summed E-state index contributed by atoms with van der Waals surface area (Å²) in [7, 11) is 0. The number of hydrogen-bond donors (Lipinski definition) is 1. The molecule has 0 spiro atoms. The third kappa shape index (κ3) is 4.49. The number of terminal acetylenes is 1. The second kappa shape index (κ2) is 6.86. The van der Waals surface area contributed by atoms with Crippen molar-refractivity contribution in [3.63, 3.8) is 0 Å². The summed E-state index contributed by atoms with van der Waals surface area (Å²) in [5.74, 6) is 0.699. The third-order valence-electron chi connectivity index (χ3n) is 2.02. The van der Waals surface area contributed by atoms with Crippen molar-refractivity contribution in [3.05, 3.63) is 36.2 Å². The van der Waals surface area contributed by atoms with Gasteiger partial charge in [-0.2, -0.15) is 0 Å². The Morgan fingerprint density at radius 1 is 1.56 bits per heavy atom. The highest BCUT2D eigenvalue weighted by Gasteiger charge is 2.12. The molecule has 0 aliphatic rings. The fraction of sp³-hybridized carbons (Fsp3) is 0.154. The lowest BCUT2D eigenvalue weighted by atomic mass is 10.2. The topological polar surface area (TPSA) is 70.5 Å². The molecule has 0 fully saturated rings. The van der Waals surface area contributed by atoms with Crippen LogP contribution in [0.2, 0.25) is 0 Å². The lowest BCUT2D eigenvalue weighted by Gasteiger charge is -2.15. The quantitative estimate of drug-likeness (QED) is 0.609. The van der Waals surface area contributed by atoms with Crippen LogP contribution < -0.4 is 0 Å². The zero-order valence-electron chi connectivity index (χ0n) is 9.61. The van der Waals surface area contributed by atoms with Gasteiger partial charge in [0, 0.05) is 18.5 Å². The number of nitrogens with zero attached hydrogens (tertiary/aromatic N) is 2. The van der Waals surface area contributed by atoms with Crippen LogP contribution in [0.1, 0.15) is 5.56 Å². The molecular weight excluding hydrogens is 232 g/mol. The Morgan fingerprint density at radius 2 is 2.33 bits per heavy atom. The molecule has 92 valence electrons. The van der Waals surface area contributed by atoms with Crippen molar-refractivity contribution >= 4 is 18.0 Å². The molecule has 1 heterocycles. The van der Waals surface area contributed by atoms with E-state index in [4.69, 9.17) is 11.5 Å². The minimum absolute atomic E-state index is 0.0392. The highest BCUT2D eigenvalue weighted by Crippen LogP contribution is 2.00. The minimum atomic E-state index is -1.10. The minimum Gasteiger partial charge on any atom is -0.480 e. The molecule has 0 aliphatic heterocycles. The van der Waals surface area contributed by atoms with E-state index in [9.17, 15) is 9.59 Å². The number of aliphatic carboxylic acids is 1. The summed E-state index contributed by atoms with van der Waals surface area (Å²) in [6.45, 7) is -0.455. The van der Waals surface area contributed by atoms with Crippen molar-refractivity contribution in [2.45, 2.75) is 0 Å². The number of hydrogen-bond acceptors (Lipinski definition) is 3. The van der Waals surface area contributed by atoms with Crippen LogP contribution in [0, 0.1) is 12.3 Å². The number of pyridine rings is 1. The van der Waals surface area contributed by atoms with Gasteiger partial charge in [0.2, 0.25) is 5.91 Å². The number of amides is 1. The highest BCUT2D eigenvalue weighted by atomic mass is 16.4. The zero-order chi connectivity index (χ0) is 13.4. The lowest BCUT2D eigenvalue weighted by molar-refractivity contribution is -0.142. The highest BCUT2D eigenvalue weighted by molar-refractivity contribution is 5.93. The van der Waals surface area contributed by atoms with Crippen molar-refractivity contribution in [1.29, 1.82) is 0 Å². The van der Waals surface area contributed by atoms with Gasteiger partial charge < -0.3 is 10.0 Å². The lowest BCUT2D eigenvalue weighted by Crippen LogP contribution is -2.34. The Hall–Kier alpha value is -2.61. The summed E-state index contributed by atoms with van der Waals surface area (Å²) in [6.07, 6.45) is 11.1. The van der Waals surface area contributed by atoms with E-state index in [1.165, 1.54) is 6.08 Å². The summed E-state index contributed by atoms with van der Waals surface area (Å²) < 4.78 is 0. The van der Waals surface area contributed by atoms with Gasteiger partial charge >= 0.3 is 5.97 Å². The average Bonchev–Trinajstić information content (AvgIpc) is 2.36. The van der Waals surface area contributed by atoms with E-state index in [-0.39, 0.29) is 6.54 Å². The van der Waals surface area contributed by atoms with Crippen molar-refractivity contribution in [1.82, 2.24) is 9.88 Å². The number of carboxylic acids is 1. The first kappa shape index (κ1) is 13.5. The van der Waals surface area contributed by atoms with Gasteiger partial charge in [0.1, 0.15) is 6.54 Å². The van der Waals surface area contributed by atoms with Crippen molar-refractivity contribution in [3.8, 4) is 12.3 Å². The molecule has 0 saturated heterocycles. The molecule has 0 radical (unpaired) electrons. The maximum Gasteiger partial charge on any atom is 0.323 e. The van der Waals surface area contributed by atoms with Crippen LogP contribution in [0.5, 0.6) is 0 Å². The number of aromatic nitrogens is 1. The van der Waals surface area contributed by atoms with Crippen LogP contribution in [-0.2, 0) is 9.59 Å². The zero-order valence-corrected chi connectivity index (χ0v) is 9.61. The molecular formula is C13H12N2O3. The molecule has 0 bridgehead atoms. The predicted octanol–water partition coefficient (Wildman–Crippen LogP) is 0.641. The summed E-state index contributed by atoms with van der Waals surface area (Å²) in [5, 5.41) is 8.65. The Bertz CT molecular complexity index is 489. The molecule has 0 unspecified atom stereocenters. The molecule has 0 aliphatic carbocycles. The van der Waals surface area contributed by atoms with E-state index in [1.807, 2.05) is 0 Å². The molecule has 1 amide bonds. The van der Waals surface area contributed by atoms with Crippen molar-refractivity contribution < 1.29 is 14.7 Å². The van der Waals surface area contributed by atoms with Crippen molar-refractivity contribution in [2.24, 2.45) is 0 Å². The molecule has 0 aromatic carbocycles. The Balaban J connectivity index is 2.70. The fourth-order valence-electron chi connectivity index (χ4n) is 1.23. The molecule has 1 aromatic heterocycles. The molecule has 1 rings (SSSR count). The van der Waals surface area contributed by atoms with Gasteiger partial charge in [0.15, 0.2) is 0 Å². The average molecular weight is 244 g/mol. The Morgan fingerprint density at radius 3 is 2.89 bits per heavy atom. The number of carbonyl (C=O) groups excluding carboxylic acids is 1. The fourth-order valence-corrected chi connectivity index (χ4v) is 1.23. The van der Waals surface area contributed by atoms with Gasteiger partial charge in [0.25, 0.3) is 0 Å². The van der Waals surface area contributed by atoms with E-state index in [0.29, 0.717) is 0 Å². The standard InChI is InChI=1S/C13H12N2O3/c1-2-8-15(10-13(17)18)12(16)6-5-11-4-3-7-14-9-11/h1,3-7,9H,8,10H2,(H,17,18). The molecule has 0 atom stereocenters. The SMILES string of the molecule is C#CCN(CC(=O)O)C(=O)C=Cc1cccnc1.